The van der Waals surface area contributed by atoms with Crippen molar-refractivity contribution in [2.24, 2.45) is 11.8 Å². The lowest BCUT2D eigenvalue weighted by Crippen LogP contribution is -2.47. The molecular formula is C20H30O8. The Morgan fingerprint density at radius 1 is 0.821 bits per heavy atom. The molecule has 0 saturated carbocycles. The molecule has 0 amide bonds. The van der Waals surface area contributed by atoms with Crippen molar-refractivity contribution >= 4 is 23.9 Å². The van der Waals surface area contributed by atoms with Crippen LogP contribution in [0, 0.1) is 11.8 Å². The first-order chi connectivity index (χ1) is 13.0. The van der Waals surface area contributed by atoms with E-state index in [0.29, 0.717) is 12.8 Å². The van der Waals surface area contributed by atoms with Crippen molar-refractivity contribution in [3.8, 4) is 0 Å². The molecule has 0 spiro atoms. The van der Waals surface area contributed by atoms with Crippen LogP contribution in [0.15, 0.2) is 11.1 Å². The fraction of sp³-hybridized carbons (Fsp3) is 0.700. The molecule has 4 atom stereocenters. The fourth-order valence-electron chi connectivity index (χ4n) is 3.44. The summed E-state index contributed by atoms with van der Waals surface area (Å²) in [5.74, 6) is -2.46. The van der Waals surface area contributed by atoms with E-state index in [9.17, 15) is 19.2 Å². The van der Waals surface area contributed by atoms with Gasteiger partial charge in [0.25, 0.3) is 0 Å². The molecule has 8 heteroatoms. The topological polar surface area (TPSA) is 105 Å². The minimum Gasteiger partial charge on any atom is -0.466 e. The molecule has 158 valence electrons. The van der Waals surface area contributed by atoms with Crippen LogP contribution in [-0.2, 0) is 38.1 Å². The summed E-state index contributed by atoms with van der Waals surface area (Å²) in [4.78, 5) is 45.9. The number of hydrogen-bond acceptors (Lipinski definition) is 8. The van der Waals surface area contributed by atoms with E-state index in [-0.39, 0.29) is 25.0 Å². The molecule has 0 unspecified atom stereocenters. The third-order valence-electron chi connectivity index (χ3n) is 4.80. The van der Waals surface area contributed by atoms with Crippen LogP contribution in [0.1, 0.15) is 54.4 Å². The molecule has 0 aromatic rings. The smallest absolute Gasteiger partial charge is 0.303 e. The highest BCUT2D eigenvalue weighted by Gasteiger charge is 2.42. The van der Waals surface area contributed by atoms with Gasteiger partial charge in [-0.05, 0) is 26.7 Å². The maximum absolute atomic E-state index is 11.8. The van der Waals surface area contributed by atoms with Crippen molar-refractivity contribution in [3.05, 3.63) is 11.1 Å². The van der Waals surface area contributed by atoms with Crippen LogP contribution in [0.25, 0.3) is 0 Å². The van der Waals surface area contributed by atoms with Crippen LogP contribution in [0.5, 0.6) is 0 Å². The van der Waals surface area contributed by atoms with Gasteiger partial charge in [-0.15, -0.1) is 0 Å². The molecule has 1 aliphatic rings. The summed E-state index contributed by atoms with van der Waals surface area (Å²) >= 11 is 0. The number of rotatable bonds is 8. The maximum atomic E-state index is 11.8. The standard InChI is InChI=1S/C20H30O8/c1-11-7-17(9-25-13(3)21)18(8-12(11)2)20(28-16(6)24)19(27-15(5)23)10-26-14(4)22/h17-20H,7-10H2,1-6H3/t17-,18+,19-,20+/m1/s1. The SMILES string of the molecule is CC(=O)OC[C@H]1CC(C)=C(C)C[C@@H]1[C@H](OC(C)=O)[C@@H](COC(C)=O)OC(C)=O. The van der Waals surface area contributed by atoms with Gasteiger partial charge in [0.05, 0.1) is 6.61 Å². The van der Waals surface area contributed by atoms with Gasteiger partial charge in [-0.1, -0.05) is 11.1 Å². The lowest BCUT2D eigenvalue weighted by Gasteiger charge is -2.39. The predicted octanol–water partition coefficient (Wildman–Crippen LogP) is 2.34. The van der Waals surface area contributed by atoms with Gasteiger partial charge < -0.3 is 18.9 Å². The monoisotopic (exact) mass is 398 g/mol. The van der Waals surface area contributed by atoms with Gasteiger partial charge in [0.1, 0.15) is 12.7 Å². The largest absolute Gasteiger partial charge is 0.466 e. The van der Waals surface area contributed by atoms with E-state index in [2.05, 4.69) is 0 Å². The summed E-state index contributed by atoms with van der Waals surface area (Å²) in [6, 6.07) is 0. The van der Waals surface area contributed by atoms with E-state index in [1.807, 2.05) is 13.8 Å². The summed E-state index contributed by atoms with van der Waals surface area (Å²) in [5.41, 5.74) is 2.31. The molecular weight excluding hydrogens is 368 g/mol. The van der Waals surface area contributed by atoms with Crippen molar-refractivity contribution in [1.82, 2.24) is 0 Å². The molecule has 8 nitrogen and oxygen atoms in total. The van der Waals surface area contributed by atoms with Gasteiger partial charge in [-0.25, -0.2) is 0 Å². The molecule has 0 aliphatic heterocycles. The summed E-state index contributed by atoms with van der Waals surface area (Å²) in [6.45, 7) is 9.00. The number of carbonyl (C=O) groups is 4. The van der Waals surface area contributed by atoms with Crippen LogP contribution >= 0.6 is 0 Å². The fourth-order valence-corrected chi connectivity index (χ4v) is 3.44. The normalized spacial score (nSPS) is 21.4. The average molecular weight is 398 g/mol. The highest BCUT2D eigenvalue weighted by Crippen LogP contribution is 2.39. The Labute approximate surface area is 165 Å². The van der Waals surface area contributed by atoms with E-state index in [1.165, 1.54) is 33.3 Å². The molecule has 0 saturated heterocycles. The van der Waals surface area contributed by atoms with Crippen LogP contribution in [-0.4, -0.2) is 49.3 Å². The number of ether oxygens (including phenoxy) is 4. The van der Waals surface area contributed by atoms with E-state index >= 15 is 0 Å². The number of allylic oxidation sites excluding steroid dienone is 2. The molecule has 1 aliphatic carbocycles. The Balaban J connectivity index is 3.22. The number of carbonyl (C=O) groups excluding carboxylic acids is 4. The van der Waals surface area contributed by atoms with Crippen molar-refractivity contribution in [2.45, 2.75) is 66.6 Å². The predicted molar refractivity (Wildman–Crippen MR) is 99.0 cm³/mol. The molecule has 0 fully saturated rings. The second-order valence-corrected chi connectivity index (χ2v) is 7.22. The second-order valence-electron chi connectivity index (χ2n) is 7.22. The van der Waals surface area contributed by atoms with Crippen molar-refractivity contribution in [2.75, 3.05) is 13.2 Å². The van der Waals surface area contributed by atoms with Gasteiger partial charge in [0, 0.05) is 39.5 Å². The lowest BCUT2D eigenvalue weighted by molar-refractivity contribution is -0.181. The third-order valence-corrected chi connectivity index (χ3v) is 4.80. The third kappa shape index (κ3) is 7.70. The summed E-state index contributed by atoms with van der Waals surface area (Å²) in [5, 5.41) is 0. The Morgan fingerprint density at radius 3 is 1.86 bits per heavy atom. The first-order valence-electron chi connectivity index (χ1n) is 9.27. The second kappa shape index (κ2) is 10.8. The van der Waals surface area contributed by atoms with Gasteiger partial charge >= 0.3 is 23.9 Å². The van der Waals surface area contributed by atoms with E-state index in [4.69, 9.17) is 18.9 Å². The lowest BCUT2D eigenvalue weighted by atomic mass is 9.73. The summed E-state index contributed by atoms with van der Waals surface area (Å²) in [7, 11) is 0. The first kappa shape index (κ1) is 23.7. The molecule has 0 aromatic carbocycles. The van der Waals surface area contributed by atoms with Crippen LogP contribution in [0.3, 0.4) is 0 Å². The minimum absolute atomic E-state index is 0.132. The van der Waals surface area contributed by atoms with Gasteiger partial charge in [0.15, 0.2) is 6.10 Å². The zero-order chi connectivity index (χ0) is 21.4. The first-order valence-corrected chi connectivity index (χ1v) is 9.27. The molecule has 0 heterocycles. The summed E-state index contributed by atoms with van der Waals surface area (Å²) in [6.07, 6.45) is -0.569. The van der Waals surface area contributed by atoms with Gasteiger partial charge in [0.2, 0.25) is 0 Å². The summed E-state index contributed by atoms with van der Waals surface area (Å²) < 4.78 is 21.1. The highest BCUT2D eigenvalue weighted by atomic mass is 16.6. The Bertz CT molecular complexity index is 636. The molecule has 1 rings (SSSR count). The average Bonchev–Trinajstić information content (AvgIpc) is 2.56. The van der Waals surface area contributed by atoms with Crippen LogP contribution < -0.4 is 0 Å². The van der Waals surface area contributed by atoms with Crippen molar-refractivity contribution < 1.29 is 38.1 Å². The molecule has 0 radical (unpaired) electrons. The van der Waals surface area contributed by atoms with E-state index in [0.717, 1.165) is 5.57 Å². The molecule has 0 N–H and O–H groups in total. The Morgan fingerprint density at radius 2 is 1.36 bits per heavy atom. The van der Waals surface area contributed by atoms with Crippen LogP contribution in [0.4, 0.5) is 0 Å². The quantitative estimate of drug-likeness (QED) is 0.348. The zero-order valence-corrected chi connectivity index (χ0v) is 17.4. The number of esters is 4. The molecule has 0 bridgehead atoms. The number of hydrogen-bond donors (Lipinski definition) is 0. The minimum atomic E-state index is -0.957. The Hall–Kier alpha value is -2.38. The maximum Gasteiger partial charge on any atom is 0.303 e. The molecule has 28 heavy (non-hydrogen) atoms. The van der Waals surface area contributed by atoms with E-state index < -0.39 is 36.1 Å². The van der Waals surface area contributed by atoms with Crippen molar-refractivity contribution in [1.29, 1.82) is 0 Å². The van der Waals surface area contributed by atoms with Gasteiger partial charge in [-0.2, -0.15) is 0 Å². The zero-order valence-electron chi connectivity index (χ0n) is 17.4. The molecule has 0 aromatic heterocycles. The van der Waals surface area contributed by atoms with Crippen molar-refractivity contribution in [3.63, 3.8) is 0 Å². The van der Waals surface area contributed by atoms with E-state index in [1.54, 1.807) is 0 Å². The van der Waals surface area contributed by atoms with Crippen LogP contribution in [0.2, 0.25) is 0 Å². The highest BCUT2D eigenvalue weighted by molar-refractivity contribution is 5.68. The van der Waals surface area contributed by atoms with Gasteiger partial charge in [-0.3, -0.25) is 19.2 Å². The Kier molecular flexibility index (Phi) is 9.15.